The van der Waals surface area contributed by atoms with Crippen molar-refractivity contribution >= 4 is 5.91 Å². The average molecular weight is 241 g/mol. The summed E-state index contributed by atoms with van der Waals surface area (Å²) in [6.45, 7) is 5.25. The molecule has 0 saturated carbocycles. The van der Waals surface area contributed by atoms with Gasteiger partial charge in [0.25, 0.3) is 0 Å². The molecule has 0 aromatic carbocycles. The van der Waals surface area contributed by atoms with Crippen molar-refractivity contribution in [3.05, 3.63) is 0 Å². The van der Waals surface area contributed by atoms with E-state index in [1.807, 2.05) is 4.90 Å². The van der Waals surface area contributed by atoms with Crippen molar-refractivity contribution in [1.82, 2.24) is 9.80 Å². The Labute approximate surface area is 103 Å². The summed E-state index contributed by atoms with van der Waals surface area (Å²) >= 11 is 0. The molecule has 5 heteroatoms. The number of hydrogen-bond donors (Lipinski definition) is 1. The van der Waals surface area contributed by atoms with E-state index < -0.39 is 0 Å². The summed E-state index contributed by atoms with van der Waals surface area (Å²) in [7, 11) is 0. The monoisotopic (exact) mass is 241 g/mol. The number of carbonyl (C=O) groups excluding carboxylic acids is 1. The minimum atomic E-state index is 0.0953. The Hall–Kier alpha value is -0.650. The molecule has 98 valence electrons. The second kappa shape index (κ2) is 6.33. The van der Waals surface area contributed by atoms with Crippen LogP contribution in [-0.4, -0.2) is 67.7 Å². The molecule has 1 atom stereocenters. The summed E-state index contributed by atoms with van der Waals surface area (Å²) < 4.78 is 5.49. The zero-order valence-electron chi connectivity index (χ0n) is 10.4. The molecule has 0 bridgehead atoms. The fourth-order valence-electron chi connectivity index (χ4n) is 2.50. The highest BCUT2D eigenvalue weighted by Crippen LogP contribution is 2.10. The lowest BCUT2D eigenvalue weighted by Gasteiger charge is -2.34. The number of nitrogens with two attached hydrogens (primary N) is 1. The smallest absolute Gasteiger partial charge is 0.236 e. The van der Waals surface area contributed by atoms with Crippen molar-refractivity contribution in [2.45, 2.75) is 25.4 Å². The molecule has 2 N–H and O–H groups in total. The molecule has 2 rings (SSSR count). The summed E-state index contributed by atoms with van der Waals surface area (Å²) in [6, 6.07) is 0. The molecule has 2 aliphatic heterocycles. The Kier molecular flexibility index (Phi) is 4.76. The second-order valence-corrected chi connectivity index (χ2v) is 4.91. The fourth-order valence-corrected chi connectivity index (χ4v) is 2.50. The van der Waals surface area contributed by atoms with Crippen molar-refractivity contribution in [2.24, 2.45) is 5.73 Å². The van der Waals surface area contributed by atoms with E-state index in [1.54, 1.807) is 0 Å². The van der Waals surface area contributed by atoms with Crippen LogP contribution in [0.2, 0.25) is 0 Å². The van der Waals surface area contributed by atoms with Gasteiger partial charge in [-0.25, -0.2) is 0 Å². The molecule has 17 heavy (non-hydrogen) atoms. The molecule has 0 radical (unpaired) electrons. The topological polar surface area (TPSA) is 58.8 Å². The quantitative estimate of drug-likeness (QED) is 0.734. The van der Waals surface area contributed by atoms with E-state index in [-0.39, 0.29) is 12.0 Å². The van der Waals surface area contributed by atoms with Gasteiger partial charge in [0.2, 0.25) is 5.91 Å². The lowest BCUT2D eigenvalue weighted by molar-refractivity contribution is -0.135. The Morgan fingerprint density at radius 3 is 2.71 bits per heavy atom. The van der Waals surface area contributed by atoms with Crippen molar-refractivity contribution in [3.8, 4) is 0 Å². The molecule has 5 nitrogen and oxygen atoms in total. The van der Waals surface area contributed by atoms with E-state index in [0.717, 1.165) is 39.0 Å². The van der Waals surface area contributed by atoms with Gasteiger partial charge in [0.05, 0.1) is 19.3 Å². The van der Waals surface area contributed by atoms with Crippen molar-refractivity contribution < 1.29 is 9.53 Å². The highest BCUT2D eigenvalue weighted by atomic mass is 16.5. The van der Waals surface area contributed by atoms with E-state index in [9.17, 15) is 4.79 Å². The zero-order chi connectivity index (χ0) is 12.1. The first-order valence-electron chi connectivity index (χ1n) is 6.61. The Morgan fingerprint density at radius 2 is 2.00 bits per heavy atom. The molecule has 2 heterocycles. The summed E-state index contributed by atoms with van der Waals surface area (Å²) in [5, 5.41) is 0. The molecule has 0 aliphatic carbocycles. The molecule has 0 aromatic rings. The first kappa shape index (κ1) is 12.8. The molecule has 2 saturated heterocycles. The predicted octanol–water partition coefficient (Wildman–Crippen LogP) is -0.342. The summed E-state index contributed by atoms with van der Waals surface area (Å²) in [6.07, 6.45) is 3.66. The van der Waals surface area contributed by atoms with Gasteiger partial charge in [-0.15, -0.1) is 0 Å². The SMILES string of the molecule is NCC1CN(CC(=O)N2CCCCC2)CCO1. The van der Waals surface area contributed by atoms with Crippen LogP contribution in [0.3, 0.4) is 0 Å². The number of nitrogens with zero attached hydrogens (tertiary/aromatic N) is 2. The maximum Gasteiger partial charge on any atom is 0.236 e. The fraction of sp³-hybridized carbons (Fsp3) is 0.917. The van der Waals surface area contributed by atoms with Crippen molar-refractivity contribution in [1.29, 1.82) is 0 Å². The number of morpholine rings is 1. The molecular weight excluding hydrogens is 218 g/mol. The average Bonchev–Trinajstić information content (AvgIpc) is 2.40. The van der Waals surface area contributed by atoms with Gasteiger partial charge in [0.15, 0.2) is 0 Å². The van der Waals surface area contributed by atoms with E-state index in [0.29, 0.717) is 19.7 Å². The normalized spacial score (nSPS) is 27.1. The number of ether oxygens (including phenoxy) is 1. The maximum atomic E-state index is 12.1. The van der Waals surface area contributed by atoms with Crippen LogP contribution < -0.4 is 5.73 Å². The largest absolute Gasteiger partial charge is 0.374 e. The van der Waals surface area contributed by atoms with E-state index in [1.165, 1.54) is 6.42 Å². The third kappa shape index (κ3) is 3.66. The van der Waals surface area contributed by atoms with Crippen LogP contribution in [0.25, 0.3) is 0 Å². The molecule has 0 aromatic heterocycles. The Bertz CT molecular complexity index is 254. The zero-order valence-corrected chi connectivity index (χ0v) is 10.4. The maximum absolute atomic E-state index is 12.1. The molecule has 1 unspecified atom stereocenters. The van der Waals surface area contributed by atoms with E-state index >= 15 is 0 Å². The number of hydrogen-bond acceptors (Lipinski definition) is 4. The number of piperidine rings is 1. The van der Waals surface area contributed by atoms with Crippen LogP contribution in [0, 0.1) is 0 Å². The number of likely N-dealkylation sites (tertiary alicyclic amines) is 1. The van der Waals surface area contributed by atoms with Crippen molar-refractivity contribution in [2.75, 3.05) is 45.9 Å². The molecule has 1 amide bonds. The van der Waals surface area contributed by atoms with Gasteiger partial charge < -0.3 is 15.4 Å². The number of rotatable bonds is 3. The van der Waals surface area contributed by atoms with Gasteiger partial charge >= 0.3 is 0 Å². The van der Waals surface area contributed by atoms with Crippen LogP contribution >= 0.6 is 0 Å². The van der Waals surface area contributed by atoms with Gasteiger partial charge in [-0.1, -0.05) is 0 Å². The van der Waals surface area contributed by atoms with Gasteiger partial charge in [-0.05, 0) is 19.3 Å². The molecule has 2 aliphatic rings. The molecule has 2 fully saturated rings. The first-order chi connectivity index (χ1) is 8.29. The number of carbonyl (C=O) groups is 1. The van der Waals surface area contributed by atoms with Crippen LogP contribution in [0.15, 0.2) is 0 Å². The van der Waals surface area contributed by atoms with Gasteiger partial charge in [0.1, 0.15) is 0 Å². The summed E-state index contributed by atoms with van der Waals surface area (Å²) in [5.74, 6) is 0.266. The molecular formula is C12H23N3O2. The third-order valence-electron chi connectivity index (χ3n) is 3.55. The van der Waals surface area contributed by atoms with E-state index in [2.05, 4.69) is 4.90 Å². The predicted molar refractivity (Wildman–Crippen MR) is 65.7 cm³/mol. The van der Waals surface area contributed by atoms with Gasteiger partial charge in [0, 0.05) is 32.7 Å². The van der Waals surface area contributed by atoms with Crippen LogP contribution in [0.5, 0.6) is 0 Å². The standard InChI is InChI=1S/C12H23N3O2/c13-8-11-9-14(6-7-17-11)10-12(16)15-4-2-1-3-5-15/h11H,1-10,13H2. The van der Waals surface area contributed by atoms with Crippen LogP contribution in [-0.2, 0) is 9.53 Å². The van der Waals surface area contributed by atoms with Crippen LogP contribution in [0.1, 0.15) is 19.3 Å². The molecule has 0 spiro atoms. The third-order valence-corrected chi connectivity index (χ3v) is 3.55. The lowest BCUT2D eigenvalue weighted by Crippen LogP contribution is -2.50. The number of amides is 1. The van der Waals surface area contributed by atoms with Gasteiger partial charge in [-0.2, -0.15) is 0 Å². The highest BCUT2D eigenvalue weighted by molar-refractivity contribution is 5.78. The minimum absolute atomic E-state index is 0.0953. The van der Waals surface area contributed by atoms with Crippen molar-refractivity contribution in [3.63, 3.8) is 0 Å². The Morgan fingerprint density at radius 1 is 1.24 bits per heavy atom. The minimum Gasteiger partial charge on any atom is -0.374 e. The van der Waals surface area contributed by atoms with Crippen LogP contribution in [0.4, 0.5) is 0 Å². The highest BCUT2D eigenvalue weighted by Gasteiger charge is 2.23. The first-order valence-corrected chi connectivity index (χ1v) is 6.61. The lowest BCUT2D eigenvalue weighted by atomic mass is 10.1. The van der Waals surface area contributed by atoms with Gasteiger partial charge in [-0.3, -0.25) is 9.69 Å². The summed E-state index contributed by atoms with van der Waals surface area (Å²) in [4.78, 5) is 16.2. The Balaban J connectivity index is 1.77. The second-order valence-electron chi connectivity index (χ2n) is 4.91. The summed E-state index contributed by atoms with van der Waals surface area (Å²) in [5.41, 5.74) is 5.59. The van der Waals surface area contributed by atoms with E-state index in [4.69, 9.17) is 10.5 Å².